The van der Waals surface area contributed by atoms with Crippen molar-refractivity contribution in [3.8, 4) is 0 Å². The Morgan fingerprint density at radius 1 is 1.53 bits per heavy atom. The third kappa shape index (κ3) is 3.03. The largest absolute Gasteiger partial charge is 0.292 e. The molecule has 0 unspecified atom stereocenters. The SMILES string of the molecule is CCCC(C)(C)C(=O)c1cc(Cl)ccn1. The molecule has 0 fully saturated rings. The first-order valence-electron chi connectivity index (χ1n) is 5.13. The van der Waals surface area contributed by atoms with Crippen LogP contribution in [0.25, 0.3) is 0 Å². The van der Waals surface area contributed by atoms with E-state index in [1.54, 1.807) is 18.3 Å². The number of carbonyl (C=O) groups is 1. The van der Waals surface area contributed by atoms with Gasteiger partial charge in [0.15, 0.2) is 5.78 Å². The normalized spacial score (nSPS) is 11.5. The zero-order valence-corrected chi connectivity index (χ0v) is 10.1. The fourth-order valence-electron chi connectivity index (χ4n) is 1.61. The summed E-state index contributed by atoms with van der Waals surface area (Å²) in [5, 5.41) is 0.556. The average molecular weight is 226 g/mol. The number of aromatic nitrogens is 1. The second-order valence-corrected chi connectivity index (χ2v) is 4.76. The molecule has 1 aromatic heterocycles. The van der Waals surface area contributed by atoms with E-state index in [0.717, 1.165) is 12.8 Å². The lowest BCUT2D eigenvalue weighted by Gasteiger charge is -2.21. The highest BCUT2D eigenvalue weighted by Gasteiger charge is 2.28. The minimum Gasteiger partial charge on any atom is -0.292 e. The van der Waals surface area contributed by atoms with E-state index in [-0.39, 0.29) is 11.2 Å². The molecule has 0 N–H and O–H groups in total. The van der Waals surface area contributed by atoms with E-state index < -0.39 is 0 Å². The van der Waals surface area contributed by atoms with Crippen LogP contribution in [0.4, 0.5) is 0 Å². The van der Waals surface area contributed by atoms with Crippen molar-refractivity contribution in [3.05, 3.63) is 29.0 Å². The van der Waals surface area contributed by atoms with Crippen molar-refractivity contribution in [1.82, 2.24) is 4.98 Å². The van der Waals surface area contributed by atoms with Gasteiger partial charge in [-0.3, -0.25) is 9.78 Å². The fraction of sp³-hybridized carbons (Fsp3) is 0.500. The molecule has 0 aliphatic heterocycles. The monoisotopic (exact) mass is 225 g/mol. The van der Waals surface area contributed by atoms with Crippen LogP contribution in [0.2, 0.25) is 5.02 Å². The van der Waals surface area contributed by atoms with Gasteiger partial charge in [0, 0.05) is 16.6 Å². The molecule has 0 spiro atoms. The predicted octanol–water partition coefficient (Wildman–Crippen LogP) is 3.74. The van der Waals surface area contributed by atoms with E-state index in [9.17, 15) is 4.79 Å². The zero-order valence-electron chi connectivity index (χ0n) is 9.38. The van der Waals surface area contributed by atoms with Crippen LogP contribution in [0, 0.1) is 5.41 Å². The van der Waals surface area contributed by atoms with Crippen LogP contribution in [0.3, 0.4) is 0 Å². The topological polar surface area (TPSA) is 30.0 Å². The molecular weight excluding hydrogens is 210 g/mol. The van der Waals surface area contributed by atoms with E-state index in [1.807, 2.05) is 13.8 Å². The van der Waals surface area contributed by atoms with Gasteiger partial charge in [0.25, 0.3) is 0 Å². The van der Waals surface area contributed by atoms with Crippen molar-refractivity contribution < 1.29 is 4.79 Å². The van der Waals surface area contributed by atoms with Crippen molar-refractivity contribution in [1.29, 1.82) is 0 Å². The van der Waals surface area contributed by atoms with Crippen LogP contribution in [0.5, 0.6) is 0 Å². The Bertz CT molecular complexity index is 360. The highest BCUT2D eigenvalue weighted by atomic mass is 35.5. The van der Waals surface area contributed by atoms with E-state index in [4.69, 9.17) is 11.6 Å². The molecule has 3 heteroatoms. The summed E-state index contributed by atoms with van der Waals surface area (Å²) < 4.78 is 0. The standard InChI is InChI=1S/C12H16ClNO/c1-4-6-12(2,3)11(15)10-8-9(13)5-7-14-10/h5,7-8H,4,6H2,1-3H3. The maximum atomic E-state index is 12.1. The summed E-state index contributed by atoms with van der Waals surface area (Å²) >= 11 is 5.82. The van der Waals surface area contributed by atoms with Crippen LogP contribution >= 0.6 is 11.6 Å². The van der Waals surface area contributed by atoms with Crippen molar-refractivity contribution in [2.45, 2.75) is 33.6 Å². The summed E-state index contributed by atoms with van der Waals surface area (Å²) in [5.41, 5.74) is 0.104. The van der Waals surface area contributed by atoms with Gasteiger partial charge < -0.3 is 0 Å². The third-order valence-corrected chi connectivity index (χ3v) is 2.68. The van der Waals surface area contributed by atoms with Crippen LogP contribution in [-0.4, -0.2) is 10.8 Å². The molecule has 0 radical (unpaired) electrons. The maximum Gasteiger partial charge on any atom is 0.186 e. The molecule has 0 saturated carbocycles. The molecule has 0 amide bonds. The number of hydrogen-bond donors (Lipinski definition) is 0. The Kier molecular flexibility index (Phi) is 3.86. The lowest BCUT2D eigenvalue weighted by molar-refractivity contribution is 0.0820. The number of carbonyl (C=O) groups excluding carboxylic acids is 1. The first kappa shape index (κ1) is 12.2. The summed E-state index contributed by atoms with van der Waals surface area (Å²) in [7, 11) is 0. The van der Waals surface area contributed by atoms with E-state index in [0.29, 0.717) is 10.7 Å². The van der Waals surface area contributed by atoms with Gasteiger partial charge in [0.05, 0.1) is 0 Å². The van der Waals surface area contributed by atoms with Crippen molar-refractivity contribution in [3.63, 3.8) is 0 Å². The molecule has 82 valence electrons. The molecule has 0 saturated heterocycles. The van der Waals surface area contributed by atoms with Gasteiger partial charge in [0.1, 0.15) is 5.69 Å². The van der Waals surface area contributed by atoms with Gasteiger partial charge in [-0.25, -0.2) is 0 Å². The van der Waals surface area contributed by atoms with Gasteiger partial charge in [0.2, 0.25) is 0 Å². The molecule has 1 aromatic rings. The molecule has 1 heterocycles. The van der Waals surface area contributed by atoms with Gasteiger partial charge in [-0.2, -0.15) is 0 Å². The zero-order chi connectivity index (χ0) is 11.5. The smallest absolute Gasteiger partial charge is 0.186 e. The molecule has 0 aliphatic rings. The maximum absolute atomic E-state index is 12.1. The third-order valence-electron chi connectivity index (χ3n) is 2.44. The van der Waals surface area contributed by atoms with Gasteiger partial charge in [-0.05, 0) is 18.6 Å². The fourth-order valence-corrected chi connectivity index (χ4v) is 1.77. The van der Waals surface area contributed by atoms with Gasteiger partial charge in [-0.1, -0.05) is 38.8 Å². The van der Waals surface area contributed by atoms with Crippen LogP contribution in [0.1, 0.15) is 44.1 Å². The molecule has 0 aliphatic carbocycles. The molecule has 0 bridgehead atoms. The number of Topliss-reactive ketones (excluding diaryl/α,β-unsaturated/α-hetero) is 1. The number of hydrogen-bond acceptors (Lipinski definition) is 2. The number of nitrogens with zero attached hydrogens (tertiary/aromatic N) is 1. The lowest BCUT2D eigenvalue weighted by Crippen LogP contribution is -2.24. The number of rotatable bonds is 4. The summed E-state index contributed by atoms with van der Waals surface area (Å²) in [5.74, 6) is 0.0619. The summed E-state index contributed by atoms with van der Waals surface area (Å²) in [6, 6.07) is 3.30. The van der Waals surface area contributed by atoms with Crippen LogP contribution < -0.4 is 0 Å². The molecular formula is C12H16ClNO. The van der Waals surface area contributed by atoms with Crippen molar-refractivity contribution in [2.24, 2.45) is 5.41 Å². The summed E-state index contributed by atoms with van der Waals surface area (Å²) in [6.07, 6.45) is 3.41. The Balaban J connectivity index is 2.94. The van der Waals surface area contributed by atoms with E-state index in [1.165, 1.54) is 0 Å². The van der Waals surface area contributed by atoms with E-state index in [2.05, 4.69) is 11.9 Å². The Morgan fingerprint density at radius 2 is 2.20 bits per heavy atom. The molecule has 0 atom stereocenters. The van der Waals surface area contributed by atoms with Gasteiger partial charge in [-0.15, -0.1) is 0 Å². The Hall–Kier alpha value is -0.890. The quantitative estimate of drug-likeness (QED) is 0.731. The highest BCUT2D eigenvalue weighted by Crippen LogP contribution is 2.27. The summed E-state index contributed by atoms with van der Waals surface area (Å²) in [4.78, 5) is 16.1. The van der Waals surface area contributed by atoms with Crippen molar-refractivity contribution >= 4 is 17.4 Å². The average Bonchev–Trinajstić information content (AvgIpc) is 2.16. The summed E-state index contributed by atoms with van der Waals surface area (Å²) in [6.45, 7) is 5.96. The van der Waals surface area contributed by atoms with Crippen LogP contribution in [0.15, 0.2) is 18.3 Å². The lowest BCUT2D eigenvalue weighted by atomic mass is 9.82. The predicted molar refractivity (Wildman–Crippen MR) is 62.3 cm³/mol. The Labute approximate surface area is 95.7 Å². The highest BCUT2D eigenvalue weighted by molar-refractivity contribution is 6.30. The second kappa shape index (κ2) is 4.75. The van der Waals surface area contributed by atoms with Crippen LogP contribution in [-0.2, 0) is 0 Å². The molecule has 2 nitrogen and oxygen atoms in total. The Morgan fingerprint density at radius 3 is 2.73 bits per heavy atom. The minimum atomic E-state index is -0.355. The second-order valence-electron chi connectivity index (χ2n) is 4.32. The first-order valence-corrected chi connectivity index (χ1v) is 5.51. The number of halogens is 1. The molecule has 15 heavy (non-hydrogen) atoms. The number of pyridine rings is 1. The molecule has 0 aromatic carbocycles. The minimum absolute atomic E-state index is 0.0619. The first-order chi connectivity index (χ1) is 6.97. The molecule has 1 rings (SSSR count). The number of ketones is 1. The van der Waals surface area contributed by atoms with Crippen molar-refractivity contribution in [2.75, 3.05) is 0 Å². The van der Waals surface area contributed by atoms with Gasteiger partial charge >= 0.3 is 0 Å². The van der Waals surface area contributed by atoms with E-state index >= 15 is 0 Å².